The molecule has 0 saturated carbocycles. The molecule has 1 saturated heterocycles. The third-order valence-electron chi connectivity index (χ3n) is 5.24. The van der Waals surface area contributed by atoms with Crippen molar-refractivity contribution in [2.24, 2.45) is 0 Å². The Hall–Kier alpha value is -2.93. The van der Waals surface area contributed by atoms with Gasteiger partial charge in [-0.2, -0.15) is 0 Å². The molecule has 1 atom stereocenters. The molecule has 1 aliphatic heterocycles. The van der Waals surface area contributed by atoms with Crippen LogP contribution in [0.3, 0.4) is 0 Å². The van der Waals surface area contributed by atoms with Crippen LogP contribution < -0.4 is 5.32 Å². The molecule has 1 heterocycles. The summed E-state index contributed by atoms with van der Waals surface area (Å²) < 4.78 is 14.0. The van der Waals surface area contributed by atoms with E-state index < -0.39 is 35.7 Å². The number of hydrogen-bond donors (Lipinski definition) is 1. The Labute approximate surface area is 179 Å². The molecule has 2 aromatic rings. The standard InChI is InChI=1S/C22H23ClFN3O3/c1-3-12-22(15-8-5-4-6-9-15)20(29)27(21(30)25-22)14-19(28)26(2)13-16-17(23)10-7-11-18(16)24/h4-11H,3,12-14H2,1-2H3,(H,25,30)/t22-/m1/s1. The number of nitrogens with one attached hydrogen (secondary N) is 1. The van der Waals surface area contributed by atoms with Gasteiger partial charge >= 0.3 is 6.03 Å². The van der Waals surface area contributed by atoms with E-state index in [9.17, 15) is 18.8 Å². The van der Waals surface area contributed by atoms with Crippen LogP contribution in [-0.2, 0) is 21.7 Å². The molecule has 0 spiro atoms. The maximum absolute atomic E-state index is 14.0. The number of carbonyl (C=O) groups excluding carboxylic acids is 3. The van der Waals surface area contributed by atoms with Gasteiger partial charge in [0.25, 0.3) is 5.91 Å². The minimum Gasteiger partial charge on any atom is -0.340 e. The Balaban J connectivity index is 1.78. The number of carbonyl (C=O) groups is 3. The van der Waals surface area contributed by atoms with E-state index in [-0.39, 0.29) is 17.1 Å². The topological polar surface area (TPSA) is 69.7 Å². The Kier molecular flexibility index (Phi) is 6.41. The summed E-state index contributed by atoms with van der Waals surface area (Å²) in [4.78, 5) is 40.7. The van der Waals surface area contributed by atoms with Crippen molar-refractivity contribution >= 4 is 29.4 Å². The molecule has 3 rings (SSSR count). The molecule has 0 bridgehead atoms. The lowest BCUT2D eigenvalue weighted by Crippen LogP contribution is -2.45. The van der Waals surface area contributed by atoms with E-state index >= 15 is 0 Å². The van der Waals surface area contributed by atoms with Crippen molar-refractivity contribution in [3.8, 4) is 0 Å². The second-order valence-corrected chi connectivity index (χ2v) is 7.70. The molecule has 158 valence electrons. The number of amides is 4. The van der Waals surface area contributed by atoms with Gasteiger partial charge in [0, 0.05) is 24.2 Å². The van der Waals surface area contributed by atoms with Crippen LogP contribution in [-0.4, -0.2) is 41.2 Å². The zero-order chi connectivity index (χ0) is 21.9. The highest BCUT2D eigenvalue weighted by Crippen LogP contribution is 2.33. The number of benzene rings is 2. The summed E-state index contributed by atoms with van der Waals surface area (Å²) in [5.74, 6) is -1.49. The first-order chi connectivity index (χ1) is 14.3. The fourth-order valence-corrected chi connectivity index (χ4v) is 3.86. The molecule has 1 fully saturated rings. The van der Waals surface area contributed by atoms with Crippen molar-refractivity contribution in [3.05, 3.63) is 70.5 Å². The van der Waals surface area contributed by atoms with Gasteiger partial charge in [0.05, 0.1) is 0 Å². The van der Waals surface area contributed by atoms with Crippen LogP contribution in [0.25, 0.3) is 0 Å². The van der Waals surface area contributed by atoms with Gasteiger partial charge in [0.2, 0.25) is 5.91 Å². The molecule has 1 aliphatic rings. The predicted octanol–water partition coefficient (Wildman–Crippen LogP) is 3.68. The van der Waals surface area contributed by atoms with Gasteiger partial charge in [0.15, 0.2) is 0 Å². The number of hydrogen-bond acceptors (Lipinski definition) is 3. The molecule has 2 aromatic carbocycles. The summed E-state index contributed by atoms with van der Waals surface area (Å²) in [6.07, 6.45) is 1.07. The van der Waals surface area contributed by atoms with Gasteiger partial charge in [0.1, 0.15) is 17.9 Å². The summed E-state index contributed by atoms with van der Waals surface area (Å²) >= 11 is 6.03. The molecule has 1 N–H and O–H groups in total. The van der Waals surface area contributed by atoms with Crippen molar-refractivity contribution < 1.29 is 18.8 Å². The summed E-state index contributed by atoms with van der Waals surface area (Å²) in [5.41, 5.74) is -0.343. The van der Waals surface area contributed by atoms with Gasteiger partial charge in [-0.3, -0.25) is 14.5 Å². The SMILES string of the molecule is CCC[C@]1(c2ccccc2)NC(=O)N(CC(=O)N(C)Cc2c(F)cccc2Cl)C1=O. The summed E-state index contributed by atoms with van der Waals surface area (Å²) in [5, 5.41) is 2.99. The van der Waals surface area contributed by atoms with Crippen LogP contribution in [0.5, 0.6) is 0 Å². The highest BCUT2D eigenvalue weighted by atomic mass is 35.5. The number of halogens is 2. The van der Waals surface area contributed by atoms with Crippen molar-refractivity contribution in [2.45, 2.75) is 31.8 Å². The fraction of sp³-hybridized carbons (Fsp3) is 0.318. The average Bonchev–Trinajstić information content (AvgIpc) is 2.96. The Bertz CT molecular complexity index is 949. The van der Waals surface area contributed by atoms with Crippen molar-refractivity contribution in [1.82, 2.24) is 15.1 Å². The van der Waals surface area contributed by atoms with E-state index in [1.54, 1.807) is 24.3 Å². The third-order valence-corrected chi connectivity index (χ3v) is 5.60. The zero-order valence-electron chi connectivity index (χ0n) is 16.8. The van der Waals surface area contributed by atoms with Gasteiger partial charge < -0.3 is 10.2 Å². The van der Waals surface area contributed by atoms with Crippen LogP contribution in [0.4, 0.5) is 9.18 Å². The first-order valence-electron chi connectivity index (χ1n) is 9.66. The van der Waals surface area contributed by atoms with Gasteiger partial charge in [-0.05, 0) is 24.1 Å². The largest absolute Gasteiger partial charge is 0.340 e. The molecule has 8 heteroatoms. The van der Waals surface area contributed by atoms with Crippen LogP contribution in [0.1, 0.15) is 30.9 Å². The smallest absolute Gasteiger partial charge is 0.325 e. The Morgan fingerprint density at radius 3 is 2.50 bits per heavy atom. The zero-order valence-corrected chi connectivity index (χ0v) is 17.6. The van der Waals surface area contributed by atoms with Gasteiger partial charge in [-0.15, -0.1) is 0 Å². The molecule has 0 unspecified atom stereocenters. The molecule has 0 radical (unpaired) electrons. The average molecular weight is 432 g/mol. The highest BCUT2D eigenvalue weighted by molar-refractivity contribution is 6.31. The normalized spacial score (nSPS) is 18.5. The lowest BCUT2D eigenvalue weighted by molar-refractivity contribution is -0.139. The van der Waals surface area contributed by atoms with Gasteiger partial charge in [-0.1, -0.05) is 61.3 Å². The maximum Gasteiger partial charge on any atom is 0.325 e. The lowest BCUT2D eigenvalue weighted by atomic mass is 9.85. The van der Waals surface area contributed by atoms with Crippen molar-refractivity contribution in [3.63, 3.8) is 0 Å². The Morgan fingerprint density at radius 2 is 1.87 bits per heavy atom. The third kappa shape index (κ3) is 4.03. The van der Waals surface area contributed by atoms with Crippen LogP contribution >= 0.6 is 11.6 Å². The predicted molar refractivity (Wildman–Crippen MR) is 111 cm³/mol. The molecule has 30 heavy (non-hydrogen) atoms. The number of imide groups is 1. The quantitative estimate of drug-likeness (QED) is 0.680. The van der Waals surface area contributed by atoms with Crippen molar-refractivity contribution in [2.75, 3.05) is 13.6 Å². The van der Waals surface area contributed by atoms with E-state index in [0.29, 0.717) is 18.4 Å². The fourth-order valence-electron chi connectivity index (χ4n) is 3.64. The first kappa shape index (κ1) is 21.8. The van der Waals surface area contributed by atoms with E-state index in [2.05, 4.69) is 5.32 Å². The van der Waals surface area contributed by atoms with Crippen LogP contribution in [0.15, 0.2) is 48.5 Å². The molecule has 6 nitrogen and oxygen atoms in total. The highest BCUT2D eigenvalue weighted by Gasteiger charge is 2.52. The minimum atomic E-state index is -1.19. The van der Waals surface area contributed by atoms with Crippen molar-refractivity contribution in [1.29, 1.82) is 0 Å². The van der Waals surface area contributed by atoms with E-state index in [0.717, 1.165) is 4.90 Å². The van der Waals surface area contributed by atoms with E-state index in [4.69, 9.17) is 11.6 Å². The second kappa shape index (κ2) is 8.83. The molecule has 4 amide bonds. The van der Waals surface area contributed by atoms with Gasteiger partial charge in [-0.25, -0.2) is 9.18 Å². The van der Waals surface area contributed by atoms with Crippen LogP contribution in [0, 0.1) is 5.82 Å². The summed E-state index contributed by atoms with van der Waals surface area (Å²) in [7, 11) is 1.47. The van der Waals surface area contributed by atoms with Crippen LogP contribution in [0.2, 0.25) is 5.02 Å². The minimum absolute atomic E-state index is 0.0766. The monoisotopic (exact) mass is 431 g/mol. The number of nitrogens with zero attached hydrogens (tertiary/aromatic N) is 2. The number of rotatable bonds is 7. The lowest BCUT2D eigenvalue weighted by Gasteiger charge is -2.27. The second-order valence-electron chi connectivity index (χ2n) is 7.29. The van der Waals surface area contributed by atoms with E-state index in [1.165, 1.54) is 30.1 Å². The maximum atomic E-state index is 14.0. The number of urea groups is 1. The summed E-state index contributed by atoms with van der Waals surface area (Å²) in [6.45, 7) is 1.40. The molecular weight excluding hydrogens is 409 g/mol. The van der Waals surface area contributed by atoms with E-state index in [1.807, 2.05) is 13.0 Å². The molecular formula is C22H23ClFN3O3. The Morgan fingerprint density at radius 1 is 1.17 bits per heavy atom. The molecule has 0 aromatic heterocycles. The number of likely N-dealkylation sites (N-methyl/N-ethyl adjacent to an activating group) is 1. The first-order valence-corrected chi connectivity index (χ1v) is 10.0. The summed E-state index contributed by atoms with van der Waals surface area (Å²) in [6, 6.07) is 12.6. The molecule has 0 aliphatic carbocycles.